The maximum Gasteiger partial charge on any atom is 0.404 e. The smallest absolute Gasteiger partial charge is 0.293 e. The quantitative estimate of drug-likeness (QED) is 0.606. The van der Waals surface area contributed by atoms with Crippen LogP contribution in [0.1, 0.15) is 13.3 Å². The zero-order valence-electron chi connectivity index (χ0n) is 11.9. The number of nitrogens with zero attached hydrogens (tertiary/aromatic N) is 3. The Bertz CT molecular complexity index is 813. The molecular formula is C15H14N3O3S+. The summed E-state index contributed by atoms with van der Waals surface area (Å²) in [7, 11) is 0. The van der Waals surface area contributed by atoms with Crippen LogP contribution in [0.5, 0.6) is 0 Å². The standard InChI is InChI=1S/C15H14N3O3S/c1-10-8-11(18-13(19)9-14(18)22-10)15(20)21-17-7-6-16-5-3-2-4-12(16)17/h2-8,10,14H,9H2,1H3/q+1/t10?,14-/m1/s1. The van der Waals surface area contributed by atoms with Crippen molar-refractivity contribution in [2.24, 2.45) is 0 Å². The Morgan fingerprint density at radius 2 is 2.27 bits per heavy atom. The lowest BCUT2D eigenvalue weighted by atomic mass is 10.1. The number of imidazole rings is 1. The Kier molecular flexibility index (Phi) is 2.97. The van der Waals surface area contributed by atoms with E-state index in [1.165, 1.54) is 9.63 Å². The molecule has 2 aromatic heterocycles. The molecule has 22 heavy (non-hydrogen) atoms. The van der Waals surface area contributed by atoms with Gasteiger partial charge in [0.15, 0.2) is 6.20 Å². The van der Waals surface area contributed by atoms with Gasteiger partial charge >= 0.3 is 11.6 Å². The van der Waals surface area contributed by atoms with Gasteiger partial charge < -0.3 is 0 Å². The van der Waals surface area contributed by atoms with Crippen LogP contribution in [-0.4, -0.2) is 32.1 Å². The summed E-state index contributed by atoms with van der Waals surface area (Å²) in [6, 6.07) is 5.61. The number of carbonyl (C=O) groups is 2. The van der Waals surface area contributed by atoms with E-state index in [9.17, 15) is 9.59 Å². The van der Waals surface area contributed by atoms with Crippen molar-refractivity contribution >= 4 is 29.3 Å². The first-order chi connectivity index (χ1) is 10.6. The van der Waals surface area contributed by atoms with Crippen molar-refractivity contribution in [3.63, 3.8) is 0 Å². The number of rotatable bonds is 2. The Balaban J connectivity index is 1.63. The SMILES string of the molecule is CC1C=C(C(=O)On2cc[n+]3ccccc23)N2C(=O)C[C@H]2S1. The fourth-order valence-electron chi connectivity index (χ4n) is 2.72. The number of thioether (sulfide) groups is 1. The van der Waals surface area contributed by atoms with Gasteiger partial charge in [0.25, 0.3) is 0 Å². The second kappa shape index (κ2) is 4.88. The van der Waals surface area contributed by atoms with Gasteiger partial charge in [-0.15, -0.1) is 11.8 Å². The molecule has 1 unspecified atom stereocenters. The lowest BCUT2D eigenvalue weighted by molar-refractivity contribution is -0.511. The van der Waals surface area contributed by atoms with Crippen molar-refractivity contribution in [2.45, 2.75) is 24.0 Å². The van der Waals surface area contributed by atoms with Crippen LogP contribution in [-0.2, 0) is 9.59 Å². The second-order valence-corrected chi connectivity index (χ2v) is 6.84. The maximum absolute atomic E-state index is 12.5. The highest BCUT2D eigenvalue weighted by atomic mass is 32.2. The molecule has 1 amide bonds. The van der Waals surface area contributed by atoms with Crippen LogP contribution in [0.25, 0.3) is 5.65 Å². The minimum atomic E-state index is -0.507. The van der Waals surface area contributed by atoms with Crippen molar-refractivity contribution in [3.05, 3.63) is 48.6 Å². The third-order valence-corrected chi connectivity index (χ3v) is 5.03. The van der Waals surface area contributed by atoms with Gasteiger partial charge in [0.1, 0.15) is 11.9 Å². The summed E-state index contributed by atoms with van der Waals surface area (Å²) >= 11 is 1.68. The summed E-state index contributed by atoms with van der Waals surface area (Å²) < 4.78 is 3.26. The highest BCUT2D eigenvalue weighted by Crippen LogP contribution is 2.40. The van der Waals surface area contributed by atoms with Crippen LogP contribution in [0, 0.1) is 0 Å². The summed E-state index contributed by atoms with van der Waals surface area (Å²) in [5.74, 6) is -0.536. The monoisotopic (exact) mass is 316 g/mol. The summed E-state index contributed by atoms with van der Waals surface area (Å²) in [6.45, 7) is 2.01. The van der Waals surface area contributed by atoms with Crippen molar-refractivity contribution in [1.29, 1.82) is 0 Å². The molecule has 0 saturated carbocycles. The van der Waals surface area contributed by atoms with Crippen molar-refractivity contribution in [1.82, 2.24) is 9.63 Å². The van der Waals surface area contributed by atoms with E-state index in [-0.39, 0.29) is 16.5 Å². The molecule has 1 saturated heterocycles. The first-order valence-electron chi connectivity index (χ1n) is 7.03. The zero-order valence-corrected chi connectivity index (χ0v) is 12.7. The molecule has 0 radical (unpaired) electrons. The van der Waals surface area contributed by atoms with E-state index in [0.29, 0.717) is 12.1 Å². The first kappa shape index (κ1) is 13.4. The third-order valence-electron chi connectivity index (χ3n) is 3.78. The largest absolute Gasteiger partial charge is 0.404 e. The first-order valence-corrected chi connectivity index (χ1v) is 7.97. The average Bonchev–Trinajstić information content (AvgIpc) is 2.89. The number of amides is 1. The van der Waals surface area contributed by atoms with Crippen LogP contribution in [0.3, 0.4) is 0 Å². The van der Waals surface area contributed by atoms with Crippen molar-refractivity contribution in [3.8, 4) is 0 Å². The third kappa shape index (κ3) is 2.00. The minimum absolute atomic E-state index is 0.0284. The van der Waals surface area contributed by atoms with Gasteiger partial charge in [-0.3, -0.25) is 14.5 Å². The number of aromatic nitrogens is 2. The molecule has 0 spiro atoms. The van der Waals surface area contributed by atoms with E-state index < -0.39 is 5.97 Å². The Morgan fingerprint density at radius 1 is 1.41 bits per heavy atom. The number of hydrogen-bond donors (Lipinski definition) is 0. The predicted octanol–water partition coefficient (Wildman–Crippen LogP) is 0.760. The molecule has 6 nitrogen and oxygen atoms in total. The Labute approximate surface area is 130 Å². The van der Waals surface area contributed by atoms with E-state index in [2.05, 4.69) is 0 Å². The van der Waals surface area contributed by atoms with Crippen LogP contribution < -0.4 is 9.24 Å². The molecule has 0 bridgehead atoms. The summed E-state index contributed by atoms with van der Waals surface area (Å²) in [5, 5.41) is 0.249. The van der Waals surface area contributed by atoms with Gasteiger partial charge in [-0.1, -0.05) is 6.07 Å². The van der Waals surface area contributed by atoms with E-state index in [1.807, 2.05) is 35.7 Å². The van der Waals surface area contributed by atoms with Crippen molar-refractivity contribution < 1.29 is 18.8 Å². The molecule has 2 aliphatic rings. The van der Waals surface area contributed by atoms with Gasteiger partial charge in [-0.2, -0.15) is 4.40 Å². The zero-order chi connectivity index (χ0) is 15.3. The van der Waals surface area contributed by atoms with Gasteiger partial charge in [0, 0.05) is 11.3 Å². The number of carbonyl (C=O) groups excluding carboxylic acids is 2. The van der Waals surface area contributed by atoms with Gasteiger partial charge in [-0.05, 0) is 23.8 Å². The molecular weight excluding hydrogens is 302 g/mol. The molecule has 0 aliphatic carbocycles. The second-order valence-electron chi connectivity index (χ2n) is 5.28. The topological polar surface area (TPSA) is 55.6 Å². The summed E-state index contributed by atoms with van der Waals surface area (Å²) in [5.41, 5.74) is 1.08. The molecule has 7 heteroatoms. The van der Waals surface area contributed by atoms with Crippen molar-refractivity contribution in [2.75, 3.05) is 0 Å². The molecule has 112 valence electrons. The normalized spacial score (nSPS) is 23.8. The molecule has 2 aliphatic heterocycles. The molecule has 2 atom stereocenters. The van der Waals surface area contributed by atoms with E-state index >= 15 is 0 Å². The number of fused-ring (bicyclic) bond motifs is 2. The molecule has 4 rings (SSSR count). The van der Waals surface area contributed by atoms with Crippen LogP contribution in [0.2, 0.25) is 0 Å². The minimum Gasteiger partial charge on any atom is -0.293 e. The highest BCUT2D eigenvalue weighted by molar-refractivity contribution is 8.00. The molecule has 4 heterocycles. The predicted molar refractivity (Wildman–Crippen MR) is 79.6 cm³/mol. The summed E-state index contributed by atoms with van der Waals surface area (Å²) in [4.78, 5) is 31.2. The van der Waals surface area contributed by atoms with E-state index in [1.54, 1.807) is 30.2 Å². The number of β-lactam (4-membered cyclic amide) rings is 1. The van der Waals surface area contributed by atoms with E-state index in [0.717, 1.165) is 5.65 Å². The maximum atomic E-state index is 12.5. The lowest BCUT2D eigenvalue weighted by Crippen LogP contribution is -2.54. The van der Waals surface area contributed by atoms with Crippen LogP contribution >= 0.6 is 11.8 Å². The number of pyridine rings is 1. The molecule has 0 N–H and O–H groups in total. The average molecular weight is 316 g/mol. The van der Waals surface area contributed by atoms with Gasteiger partial charge in [0.05, 0.1) is 18.0 Å². The molecule has 2 aromatic rings. The van der Waals surface area contributed by atoms with Crippen LogP contribution in [0.15, 0.2) is 48.6 Å². The Hall–Kier alpha value is -2.28. The fraction of sp³-hybridized carbons (Fsp3) is 0.267. The number of hydrogen-bond acceptors (Lipinski definition) is 4. The molecule has 1 fully saturated rings. The van der Waals surface area contributed by atoms with Gasteiger partial charge in [0.2, 0.25) is 5.91 Å². The fourth-order valence-corrected chi connectivity index (χ4v) is 4.02. The molecule has 0 aromatic carbocycles. The Morgan fingerprint density at radius 3 is 3.09 bits per heavy atom. The van der Waals surface area contributed by atoms with Gasteiger partial charge in [-0.25, -0.2) is 4.79 Å². The van der Waals surface area contributed by atoms with Crippen LogP contribution in [0.4, 0.5) is 0 Å². The lowest BCUT2D eigenvalue weighted by Gasteiger charge is -2.43. The highest BCUT2D eigenvalue weighted by Gasteiger charge is 2.45. The van der Waals surface area contributed by atoms with E-state index in [4.69, 9.17) is 4.84 Å². The summed E-state index contributed by atoms with van der Waals surface area (Å²) in [6.07, 6.45) is 7.62.